The molecule has 0 aliphatic rings. The van der Waals surface area contributed by atoms with Crippen LogP contribution in [-0.4, -0.2) is 11.0 Å². The maximum absolute atomic E-state index is 13.6. The summed E-state index contributed by atoms with van der Waals surface area (Å²) in [4.78, 5) is 11.0. The SMILES string of the molecule is NC(=O)c1cc(O)cc(-c2ccc(F)cc2F)c1. The van der Waals surface area contributed by atoms with Gasteiger partial charge in [0.2, 0.25) is 5.91 Å². The van der Waals surface area contributed by atoms with Crippen molar-refractivity contribution in [2.75, 3.05) is 0 Å². The molecular formula is C13H9F2NO2. The lowest BCUT2D eigenvalue weighted by atomic mass is 10.0. The zero-order valence-electron chi connectivity index (χ0n) is 9.15. The Balaban J connectivity index is 2.60. The summed E-state index contributed by atoms with van der Waals surface area (Å²) in [6.45, 7) is 0. The number of phenols is 1. The molecule has 18 heavy (non-hydrogen) atoms. The van der Waals surface area contributed by atoms with Crippen LogP contribution in [0.25, 0.3) is 11.1 Å². The van der Waals surface area contributed by atoms with E-state index in [1.54, 1.807) is 0 Å². The van der Waals surface area contributed by atoms with Crippen molar-refractivity contribution in [3.63, 3.8) is 0 Å². The summed E-state index contributed by atoms with van der Waals surface area (Å²) >= 11 is 0. The first-order valence-electron chi connectivity index (χ1n) is 5.06. The van der Waals surface area contributed by atoms with Crippen LogP contribution in [0.3, 0.4) is 0 Å². The first-order chi connectivity index (χ1) is 8.47. The molecule has 3 nitrogen and oxygen atoms in total. The van der Waals surface area contributed by atoms with Gasteiger partial charge >= 0.3 is 0 Å². The van der Waals surface area contributed by atoms with Crippen LogP contribution in [-0.2, 0) is 0 Å². The van der Waals surface area contributed by atoms with Gasteiger partial charge in [0.1, 0.15) is 17.4 Å². The van der Waals surface area contributed by atoms with Gasteiger partial charge in [-0.3, -0.25) is 4.79 Å². The lowest BCUT2D eigenvalue weighted by Crippen LogP contribution is -2.10. The van der Waals surface area contributed by atoms with Crippen molar-refractivity contribution in [2.24, 2.45) is 5.73 Å². The van der Waals surface area contributed by atoms with E-state index in [1.807, 2.05) is 0 Å². The van der Waals surface area contributed by atoms with Crippen LogP contribution in [0.15, 0.2) is 36.4 Å². The fourth-order valence-electron chi connectivity index (χ4n) is 1.63. The first-order valence-corrected chi connectivity index (χ1v) is 5.06. The maximum Gasteiger partial charge on any atom is 0.248 e. The molecule has 5 heteroatoms. The summed E-state index contributed by atoms with van der Waals surface area (Å²) in [5, 5.41) is 9.45. The highest BCUT2D eigenvalue weighted by Gasteiger charge is 2.10. The number of rotatable bonds is 2. The molecule has 92 valence electrons. The predicted molar refractivity (Wildman–Crippen MR) is 62.0 cm³/mol. The van der Waals surface area contributed by atoms with Gasteiger partial charge in [0.25, 0.3) is 0 Å². The van der Waals surface area contributed by atoms with Crippen LogP contribution < -0.4 is 5.73 Å². The van der Waals surface area contributed by atoms with E-state index in [1.165, 1.54) is 24.3 Å². The minimum absolute atomic E-state index is 0.0497. The zero-order chi connectivity index (χ0) is 13.3. The van der Waals surface area contributed by atoms with Gasteiger partial charge in [-0.1, -0.05) is 0 Å². The maximum atomic E-state index is 13.6. The Labute approximate surface area is 101 Å². The molecule has 0 radical (unpaired) electrons. The second-order valence-electron chi connectivity index (χ2n) is 3.76. The molecule has 0 fully saturated rings. The number of hydrogen-bond acceptors (Lipinski definition) is 2. The quantitative estimate of drug-likeness (QED) is 0.858. The number of carbonyl (C=O) groups is 1. The van der Waals surface area contributed by atoms with Crippen molar-refractivity contribution in [1.82, 2.24) is 0 Å². The van der Waals surface area contributed by atoms with Crippen LogP contribution in [0.4, 0.5) is 8.78 Å². The lowest BCUT2D eigenvalue weighted by Gasteiger charge is -2.06. The molecule has 0 unspecified atom stereocenters. The van der Waals surface area contributed by atoms with E-state index < -0.39 is 17.5 Å². The summed E-state index contributed by atoms with van der Waals surface area (Å²) in [6, 6.07) is 6.81. The zero-order valence-corrected chi connectivity index (χ0v) is 9.15. The van der Waals surface area contributed by atoms with Crippen molar-refractivity contribution >= 4 is 5.91 Å². The third-order valence-electron chi connectivity index (χ3n) is 2.44. The number of aromatic hydroxyl groups is 1. The van der Waals surface area contributed by atoms with Gasteiger partial charge in [-0.25, -0.2) is 8.78 Å². The number of amides is 1. The fraction of sp³-hybridized carbons (Fsp3) is 0. The van der Waals surface area contributed by atoms with E-state index in [2.05, 4.69) is 0 Å². The highest BCUT2D eigenvalue weighted by Crippen LogP contribution is 2.27. The summed E-state index contributed by atoms with van der Waals surface area (Å²) in [5.74, 6) is -2.44. The molecular weight excluding hydrogens is 240 g/mol. The predicted octanol–water partition coefficient (Wildman–Crippen LogP) is 2.44. The molecule has 3 N–H and O–H groups in total. The largest absolute Gasteiger partial charge is 0.508 e. The van der Waals surface area contributed by atoms with Crippen molar-refractivity contribution in [2.45, 2.75) is 0 Å². The summed E-state index contributed by atoms with van der Waals surface area (Å²) in [7, 11) is 0. The molecule has 2 aromatic carbocycles. The normalized spacial score (nSPS) is 10.3. The topological polar surface area (TPSA) is 63.3 Å². The van der Waals surface area contributed by atoms with Crippen molar-refractivity contribution in [3.8, 4) is 16.9 Å². The van der Waals surface area contributed by atoms with Crippen LogP contribution in [0, 0.1) is 11.6 Å². The average Bonchev–Trinajstić information content (AvgIpc) is 2.27. The first kappa shape index (κ1) is 12.0. The Bertz CT molecular complexity index is 626. The van der Waals surface area contributed by atoms with Crippen LogP contribution in [0.1, 0.15) is 10.4 Å². The smallest absolute Gasteiger partial charge is 0.248 e. The summed E-state index contributed by atoms with van der Waals surface area (Å²) in [5.41, 5.74) is 5.47. The Morgan fingerprint density at radius 1 is 1.11 bits per heavy atom. The molecule has 0 bridgehead atoms. The third kappa shape index (κ3) is 2.29. The number of primary amides is 1. The average molecular weight is 249 g/mol. The van der Waals surface area contributed by atoms with Gasteiger partial charge in [0.15, 0.2) is 0 Å². The van der Waals surface area contributed by atoms with E-state index in [9.17, 15) is 18.7 Å². The highest BCUT2D eigenvalue weighted by molar-refractivity contribution is 5.94. The molecule has 0 aromatic heterocycles. The van der Waals surface area contributed by atoms with Crippen LogP contribution in [0.5, 0.6) is 5.75 Å². The van der Waals surface area contributed by atoms with E-state index in [0.29, 0.717) is 0 Å². The number of hydrogen-bond donors (Lipinski definition) is 2. The number of phenolic OH excluding ortho intramolecular Hbond substituents is 1. The van der Waals surface area contributed by atoms with E-state index in [0.717, 1.165) is 12.1 Å². The number of benzene rings is 2. The lowest BCUT2D eigenvalue weighted by molar-refractivity contribution is 0.1000. The van der Waals surface area contributed by atoms with Gasteiger partial charge in [0.05, 0.1) is 0 Å². The molecule has 0 aliphatic carbocycles. The second kappa shape index (κ2) is 4.44. The summed E-state index contributed by atoms with van der Waals surface area (Å²) < 4.78 is 26.3. The van der Waals surface area contributed by atoms with Gasteiger partial charge < -0.3 is 10.8 Å². The van der Waals surface area contributed by atoms with Crippen molar-refractivity contribution < 1.29 is 18.7 Å². The minimum Gasteiger partial charge on any atom is -0.508 e. The van der Waals surface area contributed by atoms with E-state index >= 15 is 0 Å². The number of nitrogens with two attached hydrogens (primary N) is 1. The second-order valence-corrected chi connectivity index (χ2v) is 3.76. The number of halogens is 2. The minimum atomic E-state index is -0.781. The molecule has 0 saturated carbocycles. The van der Waals surface area contributed by atoms with E-state index in [4.69, 9.17) is 5.73 Å². The summed E-state index contributed by atoms with van der Waals surface area (Å²) in [6.07, 6.45) is 0. The Kier molecular flexibility index (Phi) is 2.97. The molecule has 2 rings (SSSR count). The Morgan fingerprint density at radius 3 is 2.44 bits per heavy atom. The third-order valence-corrected chi connectivity index (χ3v) is 2.44. The molecule has 0 aliphatic heterocycles. The highest BCUT2D eigenvalue weighted by atomic mass is 19.1. The van der Waals surface area contributed by atoms with Gasteiger partial charge in [-0.2, -0.15) is 0 Å². The monoisotopic (exact) mass is 249 g/mol. The Hall–Kier alpha value is -2.43. The van der Waals surface area contributed by atoms with Gasteiger partial charge in [-0.05, 0) is 35.9 Å². The molecule has 1 amide bonds. The van der Waals surface area contributed by atoms with Crippen molar-refractivity contribution in [1.29, 1.82) is 0 Å². The van der Waals surface area contributed by atoms with Gasteiger partial charge in [0, 0.05) is 17.2 Å². The van der Waals surface area contributed by atoms with Crippen LogP contribution >= 0.6 is 0 Å². The molecule has 2 aromatic rings. The van der Waals surface area contributed by atoms with Crippen LogP contribution in [0.2, 0.25) is 0 Å². The standard InChI is InChI=1S/C13H9F2NO2/c14-9-1-2-11(12(15)6-9)7-3-8(13(16)18)5-10(17)4-7/h1-6,17H,(H2,16,18). The fourth-order valence-corrected chi connectivity index (χ4v) is 1.63. The molecule has 0 saturated heterocycles. The number of carbonyl (C=O) groups excluding carboxylic acids is 1. The van der Waals surface area contributed by atoms with E-state index in [-0.39, 0.29) is 22.4 Å². The molecule has 0 spiro atoms. The van der Waals surface area contributed by atoms with Gasteiger partial charge in [-0.15, -0.1) is 0 Å². The van der Waals surface area contributed by atoms with Crippen molar-refractivity contribution in [3.05, 3.63) is 53.6 Å². The Morgan fingerprint density at radius 2 is 1.83 bits per heavy atom. The molecule has 0 heterocycles. The molecule has 0 atom stereocenters.